The van der Waals surface area contributed by atoms with Gasteiger partial charge in [-0.25, -0.2) is 4.79 Å². The van der Waals surface area contributed by atoms with Gasteiger partial charge >= 0.3 is 5.97 Å². The quantitative estimate of drug-likeness (QED) is 0.917. The van der Waals surface area contributed by atoms with Crippen LogP contribution < -0.4 is 0 Å². The second-order valence-electron chi connectivity index (χ2n) is 7.33. The molecular weight excluding hydrogens is 330 g/mol. The first-order valence-electron chi connectivity index (χ1n) is 9.25. The van der Waals surface area contributed by atoms with Crippen LogP contribution in [0.1, 0.15) is 48.0 Å². The lowest BCUT2D eigenvalue weighted by atomic mass is 9.84. The molecule has 2 heterocycles. The van der Waals surface area contributed by atoms with Gasteiger partial charge in [0.1, 0.15) is 6.04 Å². The molecule has 1 aliphatic carbocycles. The third-order valence-corrected chi connectivity index (χ3v) is 5.68. The van der Waals surface area contributed by atoms with E-state index in [1.54, 1.807) is 22.0 Å². The maximum absolute atomic E-state index is 13.1. The number of hydrogen-bond acceptors (Lipinski definition) is 3. The Bertz CT molecular complexity index is 802. The molecule has 1 amide bonds. The molecular formula is C20H23N3O3. The van der Waals surface area contributed by atoms with Crippen molar-refractivity contribution in [2.45, 2.75) is 50.7 Å². The fraction of sp³-hybridized carbons (Fsp3) is 0.450. The number of benzene rings is 1. The number of nitrogens with zero attached hydrogens (tertiary/aromatic N) is 3. The molecule has 1 aromatic heterocycles. The Morgan fingerprint density at radius 1 is 1.15 bits per heavy atom. The Balaban J connectivity index is 1.55. The van der Waals surface area contributed by atoms with Crippen LogP contribution in [0.25, 0.3) is 0 Å². The molecule has 0 bridgehead atoms. The Hall–Kier alpha value is -2.63. The van der Waals surface area contributed by atoms with Gasteiger partial charge < -0.3 is 10.0 Å². The summed E-state index contributed by atoms with van der Waals surface area (Å²) in [5.74, 6) is -0.788. The summed E-state index contributed by atoms with van der Waals surface area (Å²) >= 11 is 0. The molecule has 136 valence electrons. The number of amides is 1. The van der Waals surface area contributed by atoms with E-state index < -0.39 is 12.0 Å². The highest BCUT2D eigenvalue weighted by Crippen LogP contribution is 2.40. The van der Waals surface area contributed by atoms with Gasteiger partial charge in [0, 0.05) is 12.2 Å². The zero-order valence-corrected chi connectivity index (χ0v) is 14.6. The summed E-state index contributed by atoms with van der Waals surface area (Å²) in [6, 6.07) is 9.25. The molecule has 1 N–H and O–H groups in total. The largest absolute Gasteiger partial charge is 0.480 e. The van der Waals surface area contributed by atoms with Crippen LogP contribution in [0.15, 0.2) is 42.7 Å². The number of carboxylic acids is 1. The van der Waals surface area contributed by atoms with Crippen LogP contribution in [0, 0.1) is 5.92 Å². The molecule has 1 aromatic carbocycles. The van der Waals surface area contributed by atoms with Crippen molar-refractivity contribution in [3.8, 4) is 0 Å². The average Bonchev–Trinajstić information content (AvgIpc) is 3.26. The van der Waals surface area contributed by atoms with Gasteiger partial charge in [-0.05, 0) is 30.7 Å². The minimum Gasteiger partial charge on any atom is -0.480 e. The molecule has 0 unspecified atom stereocenters. The first-order chi connectivity index (χ1) is 12.6. The lowest BCUT2D eigenvalue weighted by molar-refractivity contribution is -0.141. The third kappa shape index (κ3) is 3.11. The van der Waals surface area contributed by atoms with Crippen molar-refractivity contribution in [2.75, 3.05) is 0 Å². The van der Waals surface area contributed by atoms with E-state index in [4.69, 9.17) is 0 Å². The topological polar surface area (TPSA) is 75.4 Å². The van der Waals surface area contributed by atoms with Crippen LogP contribution in [0.2, 0.25) is 0 Å². The SMILES string of the molecule is O=C(O)[C@@H]1C[C@@H]2CCCC[C@@H]2N1C(=O)c1cnn(Cc2ccccc2)c1. The van der Waals surface area contributed by atoms with Gasteiger partial charge in [0.25, 0.3) is 5.91 Å². The second-order valence-corrected chi connectivity index (χ2v) is 7.33. The van der Waals surface area contributed by atoms with Gasteiger partial charge in [0.15, 0.2) is 0 Å². The van der Waals surface area contributed by atoms with E-state index in [1.165, 1.54) is 0 Å². The molecule has 1 saturated carbocycles. The van der Waals surface area contributed by atoms with E-state index in [0.29, 0.717) is 24.4 Å². The number of carboxylic acid groups (broad SMARTS) is 1. The van der Waals surface area contributed by atoms with Crippen molar-refractivity contribution >= 4 is 11.9 Å². The Morgan fingerprint density at radius 3 is 2.69 bits per heavy atom. The molecule has 2 aliphatic rings. The number of likely N-dealkylation sites (tertiary alicyclic amines) is 1. The van der Waals surface area contributed by atoms with Crippen molar-refractivity contribution in [2.24, 2.45) is 5.92 Å². The van der Waals surface area contributed by atoms with Gasteiger partial charge in [0.05, 0.1) is 18.3 Å². The van der Waals surface area contributed by atoms with Gasteiger partial charge in [-0.1, -0.05) is 43.2 Å². The Labute approximate surface area is 152 Å². The summed E-state index contributed by atoms with van der Waals surface area (Å²) in [6.07, 6.45) is 7.97. The molecule has 2 fully saturated rings. The molecule has 0 radical (unpaired) electrons. The molecule has 0 spiro atoms. The molecule has 26 heavy (non-hydrogen) atoms. The highest BCUT2D eigenvalue weighted by atomic mass is 16.4. The third-order valence-electron chi connectivity index (χ3n) is 5.68. The van der Waals surface area contributed by atoms with Crippen molar-refractivity contribution in [1.82, 2.24) is 14.7 Å². The van der Waals surface area contributed by atoms with E-state index in [2.05, 4.69) is 5.10 Å². The minimum atomic E-state index is -0.899. The lowest BCUT2D eigenvalue weighted by Crippen LogP contribution is -2.46. The maximum Gasteiger partial charge on any atom is 0.326 e. The summed E-state index contributed by atoms with van der Waals surface area (Å²) in [5, 5.41) is 13.9. The van der Waals surface area contributed by atoms with Crippen LogP contribution in [-0.2, 0) is 11.3 Å². The predicted octanol–water partition coefficient (Wildman–Crippen LogP) is 2.79. The molecule has 3 atom stereocenters. The van der Waals surface area contributed by atoms with E-state index in [9.17, 15) is 14.7 Å². The normalized spacial score (nSPS) is 25.1. The van der Waals surface area contributed by atoms with Crippen molar-refractivity contribution in [3.63, 3.8) is 0 Å². The van der Waals surface area contributed by atoms with Gasteiger partial charge in [-0.3, -0.25) is 9.48 Å². The number of aromatic nitrogens is 2. The van der Waals surface area contributed by atoms with Crippen LogP contribution in [0.5, 0.6) is 0 Å². The highest BCUT2D eigenvalue weighted by Gasteiger charge is 2.47. The van der Waals surface area contributed by atoms with Gasteiger partial charge in [0.2, 0.25) is 0 Å². The number of hydrogen-bond donors (Lipinski definition) is 1. The molecule has 2 aromatic rings. The predicted molar refractivity (Wildman–Crippen MR) is 95.7 cm³/mol. The van der Waals surface area contributed by atoms with E-state index in [1.807, 2.05) is 30.3 Å². The smallest absolute Gasteiger partial charge is 0.326 e. The van der Waals surface area contributed by atoms with Gasteiger partial charge in [-0.15, -0.1) is 0 Å². The van der Waals surface area contributed by atoms with Crippen LogP contribution in [0.3, 0.4) is 0 Å². The Morgan fingerprint density at radius 2 is 1.92 bits per heavy atom. The van der Waals surface area contributed by atoms with Crippen LogP contribution in [-0.4, -0.2) is 43.7 Å². The Kier molecular flexibility index (Phi) is 4.49. The molecule has 4 rings (SSSR count). The van der Waals surface area contributed by atoms with E-state index in [0.717, 1.165) is 31.2 Å². The number of aliphatic carboxylic acids is 1. The molecule has 1 aliphatic heterocycles. The summed E-state index contributed by atoms with van der Waals surface area (Å²) in [5.41, 5.74) is 1.57. The second kappa shape index (κ2) is 6.94. The number of rotatable bonds is 4. The zero-order chi connectivity index (χ0) is 18.1. The fourth-order valence-corrected chi connectivity index (χ4v) is 4.45. The van der Waals surface area contributed by atoms with E-state index >= 15 is 0 Å². The summed E-state index contributed by atoms with van der Waals surface area (Å²) < 4.78 is 1.73. The summed E-state index contributed by atoms with van der Waals surface area (Å²) in [7, 11) is 0. The van der Waals surface area contributed by atoms with E-state index in [-0.39, 0.29) is 11.9 Å². The van der Waals surface area contributed by atoms with Crippen molar-refractivity contribution < 1.29 is 14.7 Å². The maximum atomic E-state index is 13.1. The lowest BCUT2D eigenvalue weighted by Gasteiger charge is -2.32. The summed E-state index contributed by atoms with van der Waals surface area (Å²) in [6.45, 7) is 0.586. The highest BCUT2D eigenvalue weighted by molar-refractivity contribution is 5.97. The number of carbonyl (C=O) groups is 2. The van der Waals surface area contributed by atoms with Crippen LogP contribution >= 0.6 is 0 Å². The van der Waals surface area contributed by atoms with Crippen molar-refractivity contribution in [1.29, 1.82) is 0 Å². The monoisotopic (exact) mass is 353 g/mol. The first-order valence-corrected chi connectivity index (χ1v) is 9.25. The average molecular weight is 353 g/mol. The first kappa shape index (κ1) is 16.8. The molecule has 6 nitrogen and oxygen atoms in total. The number of carbonyl (C=O) groups excluding carboxylic acids is 1. The minimum absolute atomic E-state index is 0.0508. The summed E-state index contributed by atoms with van der Waals surface area (Å²) in [4.78, 5) is 26.4. The fourth-order valence-electron chi connectivity index (χ4n) is 4.45. The van der Waals surface area contributed by atoms with Crippen molar-refractivity contribution in [3.05, 3.63) is 53.9 Å². The molecule has 1 saturated heterocycles. The molecule has 6 heteroatoms. The van der Waals surface area contributed by atoms with Crippen LogP contribution in [0.4, 0.5) is 0 Å². The zero-order valence-electron chi connectivity index (χ0n) is 14.6. The number of fused-ring (bicyclic) bond motifs is 1. The standard InChI is InChI=1S/C20H23N3O3/c24-19(16-11-21-22(13-16)12-14-6-2-1-3-7-14)23-17-9-5-4-8-15(17)10-18(23)20(25)26/h1-3,6-7,11,13,15,17-18H,4-5,8-10,12H2,(H,25,26)/t15-,17-,18-/m0/s1. The van der Waals surface area contributed by atoms with Gasteiger partial charge in [-0.2, -0.15) is 5.10 Å².